The monoisotopic (exact) mass is 259 g/mol. The number of aliphatic hydroxyl groups is 2. The van der Waals surface area contributed by atoms with Crippen LogP contribution in [0.2, 0.25) is 0 Å². The fraction of sp³-hybridized carbons (Fsp3) is 0.400. The Morgan fingerprint density at radius 2 is 2.12 bits per heavy atom. The number of nitrogens with zero attached hydrogens (tertiary/aromatic N) is 1. The smallest absolute Gasteiger partial charge is 0.273 e. The zero-order valence-electron chi connectivity index (χ0n) is 9.11. The van der Waals surface area contributed by atoms with E-state index in [-0.39, 0.29) is 22.8 Å². The highest BCUT2D eigenvalue weighted by atomic mass is 32.1. The minimum atomic E-state index is -1.23. The van der Waals surface area contributed by atoms with Gasteiger partial charge in [0.15, 0.2) is 0 Å². The number of non-ortho nitro benzene ring substituents is 1. The van der Waals surface area contributed by atoms with E-state index in [2.05, 4.69) is 12.6 Å². The maximum Gasteiger partial charge on any atom is 0.273 e. The van der Waals surface area contributed by atoms with Gasteiger partial charge in [-0.3, -0.25) is 10.1 Å². The van der Waals surface area contributed by atoms with E-state index in [4.69, 9.17) is 4.74 Å². The van der Waals surface area contributed by atoms with Crippen molar-refractivity contribution in [1.29, 1.82) is 0 Å². The molecular weight excluding hydrogens is 246 g/mol. The predicted octanol–water partition coefficient (Wildman–Crippen LogP) is 0.927. The first kappa shape index (κ1) is 13.8. The van der Waals surface area contributed by atoms with E-state index in [1.807, 2.05) is 0 Å². The summed E-state index contributed by atoms with van der Waals surface area (Å²) in [6, 6.07) is 3.87. The number of hydrogen-bond donors (Lipinski definition) is 3. The number of benzene rings is 1. The minimum Gasteiger partial charge on any atom is -0.496 e. The number of hydrogen-bond acceptors (Lipinski definition) is 6. The molecule has 1 rings (SSSR count). The van der Waals surface area contributed by atoms with Gasteiger partial charge in [-0.1, -0.05) is 0 Å². The van der Waals surface area contributed by atoms with Crippen LogP contribution in [0.1, 0.15) is 11.7 Å². The number of rotatable bonds is 5. The lowest BCUT2D eigenvalue weighted by Crippen LogP contribution is -2.19. The lowest BCUT2D eigenvalue weighted by atomic mass is 10.0. The van der Waals surface area contributed by atoms with Gasteiger partial charge in [-0.05, 0) is 11.6 Å². The normalized spacial score (nSPS) is 14.1. The van der Waals surface area contributed by atoms with Gasteiger partial charge in [0.05, 0.1) is 24.2 Å². The molecule has 2 atom stereocenters. The molecule has 1 aromatic carbocycles. The molecule has 0 aliphatic heterocycles. The van der Waals surface area contributed by atoms with Crippen molar-refractivity contribution < 1.29 is 19.9 Å². The van der Waals surface area contributed by atoms with Crippen molar-refractivity contribution >= 4 is 18.3 Å². The third-order valence-electron chi connectivity index (χ3n) is 2.25. The van der Waals surface area contributed by atoms with Gasteiger partial charge in [0.2, 0.25) is 0 Å². The molecule has 7 heteroatoms. The summed E-state index contributed by atoms with van der Waals surface area (Å²) in [4.78, 5) is 10.1. The fourth-order valence-electron chi connectivity index (χ4n) is 1.32. The molecule has 0 radical (unpaired) electrons. The van der Waals surface area contributed by atoms with Gasteiger partial charge < -0.3 is 14.9 Å². The highest BCUT2D eigenvalue weighted by molar-refractivity contribution is 7.80. The molecule has 0 aliphatic rings. The molecule has 0 spiro atoms. The summed E-state index contributed by atoms with van der Waals surface area (Å²) in [7, 11) is 1.37. The number of ether oxygens (including phenoxy) is 1. The molecular formula is C10H13NO5S. The van der Waals surface area contributed by atoms with Crippen molar-refractivity contribution in [2.75, 3.05) is 12.9 Å². The first-order valence-electron chi connectivity index (χ1n) is 4.80. The quantitative estimate of drug-likeness (QED) is 0.415. The van der Waals surface area contributed by atoms with Crippen LogP contribution in [0.3, 0.4) is 0 Å². The van der Waals surface area contributed by atoms with Crippen LogP contribution in [-0.2, 0) is 0 Å². The van der Waals surface area contributed by atoms with Crippen molar-refractivity contribution in [1.82, 2.24) is 0 Å². The Bertz CT molecular complexity index is 412. The molecule has 0 saturated carbocycles. The Hall–Kier alpha value is -1.31. The average Bonchev–Trinajstić information content (AvgIpc) is 2.36. The molecule has 0 aromatic heterocycles. The Labute approximate surface area is 103 Å². The largest absolute Gasteiger partial charge is 0.496 e. The van der Waals surface area contributed by atoms with Gasteiger partial charge in [-0.15, -0.1) is 0 Å². The maximum atomic E-state index is 10.7. The molecule has 2 N–H and O–H groups in total. The number of nitro groups is 1. The zero-order chi connectivity index (χ0) is 13.0. The summed E-state index contributed by atoms with van der Waals surface area (Å²) in [5, 5.41) is 29.8. The maximum absolute atomic E-state index is 10.7. The first-order chi connectivity index (χ1) is 7.99. The van der Waals surface area contributed by atoms with Crippen LogP contribution in [0, 0.1) is 10.1 Å². The molecule has 0 saturated heterocycles. The Balaban J connectivity index is 3.14. The fourth-order valence-corrected chi connectivity index (χ4v) is 1.52. The van der Waals surface area contributed by atoms with Crippen LogP contribution in [0.5, 0.6) is 5.75 Å². The number of aliphatic hydroxyl groups excluding tert-OH is 2. The SMILES string of the molecule is COc1cc(C(O)C(O)CS)cc([N+](=O)[O-])c1. The lowest BCUT2D eigenvalue weighted by molar-refractivity contribution is -0.385. The topological polar surface area (TPSA) is 92.8 Å². The second-order valence-electron chi connectivity index (χ2n) is 3.42. The van der Waals surface area contributed by atoms with Crippen molar-refractivity contribution in [2.24, 2.45) is 0 Å². The second-order valence-corrected chi connectivity index (χ2v) is 3.78. The third kappa shape index (κ3) is 3.32. The van der Waals surface area contributed by atoms with E-state index in [0.717, 1.165) is 0 Å². The Morgan fingerprint density at radius 3 is 2.59 bits per heavy atom. The van der Waals surface area contributed by atoms with Crippen LogP contribution >= 0.6 is 12.6 Å². The molecule has 2 unspecified atom stereocenters. The molecule has 0 fully saturated rings. The van der Waals surface area contributed by atoms with E-state index in [1.165, 1.54) is 25.3 Å². The molecule has 0 aliphatic carbocycles. The van der Waals surface area contributed by atoms with E-state index >= 15 is 0 Å². The molecule has 1 aromatic rings. The van der Waals surface area contributed by atoms with Crippen molar-refractivity contribution in [3.05, 3.63) is 33.9 Å². The molecule has 0 bridgehead atoms. The zero-order valence-corrected chi connectivity index (χ0v) is 10.0. The van der Waals surface area contributed by atoms with Gasteiger partial charge >= 0.3 is 0 Å². The molecule has 17 heavy (non-hydrogen) atoms. The van der Waals surface area contributed by atoms with Crippen molar-refractivity contribution in [2.45, 2.75) is 12.2 Å². The first-order valence-corrected chi connectivity index (χ1v) is 5.43. The minimum absolute atomic E-state index is 0.0478. The third-order valence-corrected chi connectivity index (χ3v) is 2.63. The number of methoxy groups -OCH3 is 1. The summed E-state index contributed by atoms with van der Waals surface area (Å²) in [6.45, 7) is 0. The molecule has 0 heterocycles. The highest BCUT2D eigenvalue weighted by Crippen LogP contribution is 2.28. The molecule has 0 amide bonds. The predicted molar refractivity (Wildman–Crippen MR) is 64.5 cm³/mol. The van der Waals surface area contributed by atoms with Crippen molar-refractivity contribution in [3.63, 3.8) is 0 Å². The summed E-state index contributed by atoms with van der Waals surface area (Å²) in [5.74, 6) is 0.297. The van der Waals surface area contributed by atoms with E-state index in [9.17, 15) is 20.3 Å². The Morgan fingerprint density at radius 1 is 1.47 bits per heavy atom. The molecule has 94 valence electrons. The van der Waals surface area contributed by atoms with E-state index < -0.39 is 17.1 Å². The van der Waals surface area contributed by atoms with Gasteiger partial charge in [-0.2, -0.15) is 12.6 Å². The summed E-state index contributed by atoms with van der Waals surface area (Å²) >= 11 is 3.85. The lowest BCUT2D eigenvalue weighted by Gasteiger charge is -2.16. The summed E-state index contributed by atoms with van der Waals surface area (Å²) in [5.41, 5.74) is 0.0161. The van der Waals surface area contributed by atoms with Crippen LogP contribution in [-0.4, -0.2) is 34.1 Å². The van der Waals surface area contributed by atoms with E-state index in [1.54, 1.807) is 0 Å². The van der Waals surface area contributed by atoms with Gasteiger partial charge in [0.25, 0.3) is 5.69 Å². The summed E-state index contributed by atoms with van der Waals surface area (Å²) in [6.07, 6.45) is -2.33. The van der Waals surface area contributed by atoms with Gasteiger partial charge in [0.1, 0.15) is 11.9 Å². The average molecular weight is 259 g/mol. The van der Waals surface area contributed by atoms with Crippen LogP contribution < -0.4 is 4.74 Å². The van der Waals surface area contributed by atoms with Crippen LogP contribution in [0.15, 0.2) is 18.2 Å². The standard InChI is InChI=1S/C10H13NO5S/c1-16-8-3-6(10(13)9(12)5-17)2-7(4-8)11(14)15/h2-4,9-10,12-13,17H,5H2,1H3. The molecule has 6 nitrogen and oxygen atoms in total. The summed E-state index contributed by atoms with van der Waals surface area (Å²) < 4.78 is 4.89. The second kappa shape index (κ2) is 5.85. The van der Waals surface area contributed by atoms with Crippen LogP contribution in [0.25, 0.3) is 0 Å². The van der Waals surface area contributed by atoms with Crippen molar-refractivity contribution in [3.8, 4) is 5.75 Å². The van der Waals surface area contributed by atoms with Gasteiger partial charge in [0, 0.05) is 11.8 Å². The highest BCUT2D eigenvalue weighted by Gasteiger charge is 2.20. The number of nitro benzene ring substituents is 1. The van der Waals surface area contributed by atoms with E-state index in [0.29, 0.717) is 0 Å². The Kier molecular flexibility index (Phi) is 4.73. The van der Waals surface area contributed by atoms with Gasteiger partial charge in [-0.25, -0.2) is 0 Å². The number of thiol groups is 1. The van der Waals surface area contributed by atoms with Crippen LogP contribution in [0.4, 0.5) is 5.69 Å².